The molecule has 0 aromatic heterocycles. The lowest BCUT2D eigenvalue weighted by atomic mass is 9.96. The molecular formula is C14H19ClO. The number of ether oxygens (including phenoxy) is 1. The third kappa shape index (κ3) is 2.58. The number of halogens is 1. The minimum atomic E-state index is 0.000185. The van der Waals surface area contributed by atoms with E-state index < -0.39 is 0 Å². The first-order valence-electron chi connectivity index (χ1n) is 6.01. The second-order valence-electron chi connectivity index (χ2n) is 4.67. The highest BCUT2D eigenvalue weighted by Crippen LogP contribution is 2.33. The maximum Gasteiger partial charge on any atom is 0.0849 e. The number of hydrogen-bond acceptors (Lipinski definition) is 1. The van der Waals surface area contributed by atoms with Gasteiger partial charge in [-0.2, -0.15) is 0 Å². The van der Waals surface area contributed by atoms with Gasteiger partial charge in [0.05, 0.1) is 11.5 Å². The first-order valence-corrected chi connectivity index (χ1v) is 6.45. The van der Waals surface area contributed by atoms with Crippen LogP contribution in [0.4, 0.5) is 0 Å². The van der Waals surface area contributed by atoms with Gasteiger partial charge in [-0.05, 0) is 44.2 Å². The van der Waals surface area contributed by atoms with Crippen LogP contribution in [0.1, 0.15) is 41.3 Å². The molecule has 1 aromatic rings. The van der Waals surface area contributed by atoms with Crippen molar-refractivity contribution in [3.63, 3.8) is 0 Å². The Hall–Kier alpha value is -0.530. The van der Waals surface area contributed by atoms with Crippen LogP contribution in [-0.4, -0.2) is 12.7 Å². The lowest BCUT2D eigenvalue weighted by Crippen LogP contribution is -2.24. The summed E-state index contributed by atoms with van der Waals surface area (Å²) < 4.78 is 5.76. The molecule has 1 aliphatic heterocycles. The van der Waals surface area contributed by atoms with Crippen LogP contribution in [0.2, 0.25) is 0 Å². The van der Waals surface area contributed by atoms with Crippen LogP contribution in [0.15, 0.2) is 18.2 Å². The van der Waals surface area contributed by atoms with E-state index in [0.29, 0.717) is 0 Å². The van der Waals surface area contributed by atoms with Crippen molar-refractivity contribution in [3.8, 4) is 0 Å². The summed E-state index contributed by atoms with van der Waals surface area (Å²) in [4.78, 5) is 0. The maximum absolute atomic E-state index is 6.54. The van der Waals surface area contributed by atoms with Crippen molar-refractivity contribution in [2.24, 2.45) is 0 Å². The molecule has 2 heteroatoms. The van der Waals surface area contributed by atoms with E-state index in [1.165, 1.54) is 29.5 Å². The molecule has 2 rings (SSSR count). The highest BCUT2D eigenvalue weighted by atomic mass is 35.5. The molecule has 2 unspecified atom stereocenters. The molecule has 0 aliphatic carbocycles. The van der Waals surface area contributed by atoms with Gasteiger partial charge in [0.2, 0.25) is 0 Å². The number of alkyl halides is 1. The lowest BCUT2D eigenvalue weighted by molar-refractivity contribution is 0.0135. The zero-order chi connectivity index (χ0) is 11.5. The Balaban J connectivity index is 2.18. The Morgan fingerprint density at radius 3 is 2.81 bits per heavy atom. The van der Waals surface area contributed by atoms with Gasteiger partial charge in [0.25, 0.3) is 0 Å². The van der Waals surface area contributed by atoms with Crippen molar-refractivity contribution in [1.82, 2.24) is 0 Å². The maximum atomic E-state index is 6.54. The Labute approximate surface area is 103 Å². The minimum Gasteiger partial charge on any atom is -0.376 e. The van der Waals surface area contributed by atoms with Crippen LogP contribution in [0.5, 0.6) is 0 Å². The van der Waals surface area contributed by atoms with Crippen molar-refractivity contribution < 1.29 is 4.74 Å². The molecule has 1 saturated heterocycles. The van der Waals surface area contributed by atoms with Gasteiger partial charge in [0.15, 0.2) is 0 Å². The molecule has 1 fully saturated rings. The van der Waals surface area contributed by atoms with Crippen molar-refractivity contribution >= 4 is 11.6 Å². The van der Waals surface area contributed by atoms with Gasteiger partial charge in [-0.1, -0.05) is 23.8 Å². The molecule has 1 aliphatic rings. The fraction of sp³-hybridized carbons (Fsp3) is 0.571. The van der Waals surface area contributed by atoms with Crippen LogP contribution in [0, 0.1) is 13.8 Å². The average Bonchev–Trinajstić information content (AvgIpc) is 2.32. The van der Waals surface area contributed by atoms with Gasteiger partial charge in [-0.15, -0.1) is 11.6 Å². The highest BCUT2D eigenvalue weighted by molar-refractivity contribution is 6.21. The molecule has 0 radical (unpaired) electrons. The predicted molar refractivity (Wildman–Crippen MR) is 68.1 cm³/mol. The third-order valence-corrected chi connectivity index (χ3v) is 3.79. The van der Waals surface area contributed by atoms with Gasteiger partial charge >= 0.3 is 0 Å². The molecule has 0 bridgehead atoms. The Kier molecular flexibility index (Phi) is 3.88. The van der Waals surface area contributed by atoms with Crippen molar-refractivity contribution in [2.75, 3.05) is 6.61 Å². The van der Waals surface area contributed by atoms with E-state index in [9.17, 15) is 0 Å². The molecule has 1 aromatic carbocycles. The first-order chi connectivity index (χ1) is 7.68. The van der Waals surface area contributed by atoms with E-state index in [0.717, 1.165) is 13.0 Å². The molecule has 0 spiro atoms. The van der Waals surface area contributed by atoms with Crippen molar-refractivity contribution in [1.29, 1.82) is 0 Å². The smallest absolute Gasteiger partial charge is 0.0849 e. The second-order valence-corrected chi connectivity index (χ2v) is 5.14. The molecule has 2 atom stereocenters. The zero-order valence-electron chi connectivity index (χ0n) is 10.0. The minimum absolute atomic E-state index is 0.000185. The summed E-state index contributed by atoms with van der Waals surface area (Å²) in [6, 6.07) is 6.46. The summed E-state index contributed by atoms with van der Waals surface area (Å²) in [7, 11) is 0. The van der Waals surface area contributed by atoms with Crippen LogP contribution >= 0.6 is 11.6 Å². The number of hydrogen-bond donors (Lipinski definition) is 0. The fourth-order valence-corrected chi connectivity index (χ4v) is 2.69. The molecular weight excluding hydrogens is 220 g/mol. The summed E-state index contributed by atoms with van der Waals surface area (Å²) >= 11 is 6.54. The average molecular weight is 239 g/mol. The Bertz CT molecular complexity index is 356. The number of rotatable bonds is 2. The monoisotopic (exact) mass is 238 g/mol. The van der Waals surface area contributed by atoms with E-state index in [-0.39, 0.29) is 11.5 Å². The van der Waals surface area contributed by atoms with Crippen molar-refractivity contribution in [3.05, 3.63) is 34.9 Å². The largest absolute Gasteiger partial charge is 0.376 e. The summed E-state index contributed by atoms with van der Waals surface area (Å²) in [6.07, 6.45) is 3.68. The van der Waals surface area contributed by atoms with Crippen LogP contribution in [-0.2, 0) is 4.74 Å². The molecule has 1 heterocycles. The van der Waals surface area contributed by atoms with E-state index >= 15 is 0 Å². The first kappa shape index (κ1) is 11.9. The van der Waals surface area contributed by atoms with Gasteiger partial charge in [0.1, 0.15) is 0 Å². The molecule has 1 nitrogen and oxygen atoms in total. The van der Waals surface area contributed by atoms with Crippen LogP contribution in [0.3, 0.4) is 0 Å². The van der Waals surface area contributed by atoms with Gasteiger partial charge in [-0.25, -0.2) is 0 Å². The Morgan fingerprint density at radius 1 is 1.31 bits per heavy atom. The van der Waals surface area contributed by atoms with Gasteiger partial charge in [0, 0.05) is 6.61 Å². The standard InChI is InChI=1S/C14H19ClO/c1-10-6-7-11(2)12(9-10)14(15)13-5-3-4-8-16-13/h6-7,9,13-14H,3-5,8H2,1-2H3. The number of benzene rings is 1. The van der Waals surface area contributed by atoms with Crippen LogP contribution < -0.4 is 0 Å². The summed E-state index contributed by atoms with van der Waals surface area (Å²) in [6.45, 7) is 5.08. The predicted octanol–water partition coefficient (Wildman–Crippen LogP) is 4.15. The fourth-order valence-electron chi connectivity index (χ4n) is 2.25. The number of aryl methyl sites for hydroxylation is 2. The zero-order valence-corrected chi connectivity index (χ0v) is 10.8. The molecule has 0 saturated carbocycles. The lowest BCUT2D eigenvalue weighted by Gasteiger charge is -2.27. The normalized spacial score (nSPS) is 23.1. The van der Waals surface area contributed by atoms with E-state index in [4.69, 9.17) is 16.3 Å². The van der Waals surface area contributed by atoms with Gasteiger partial charge in [-0.3, -0.25) is 0 Å². The highest BCUT2D eigenvalue weighted by Gasteiger charge is 2.25. The quantitative estimate of drug-likeness (QED) is 0.704. The van der Waals surface area contributed by atoms with Gasteiger partial charge < -0.3 is 4.74 Å². The van der Waals surface area contributed by atoms with E-state index in [2.05, 4.69) is 32.0 Å². The topological polar surface area (TPSA) is 9.23 Å². The van der Waals surface area contributed by atoms with Crippen LogP contribution in [0.25, 0.3) is 0 Å². The molecule has 88 valence electrons. The molecule has 0 amide bonds. The van der Waals surface area contributed by atoms with E-state index in [1.807, 2.05) is 0 Å². The molecule has 16 heavy (non-hydrogen) atoms. The van der Waals surface area contributed by atoms with E-state index in [1.54, 1.807) is 0 Å². The summed E-state index contributed by atoms with van der Waals surface area (Å²) in [5, 5.41) is 0.000185. The summed E-state index contributed by atoms with van der Waals surface area (Å²) in [5.74, 6) is 0. The molecule has 0 N–H and O–H groups in total. The third-order valence-electron chi connectivity index (χ3n) is 3.27. The Morgan fingerprint density at radius 2 is 2.12 bits per heavy atom. The second kappa shape index (κ2) is 5.20. The van der Waals surface area contributed by atoms with Crippen molar-refractivity contribution in [2.45, 2.75) is 44.6 Å². The SMILES string of the molecule is Cc1ccc(C)c(C(Cl)C2CCCCO2)c1. The summed E-state index contributed by atoms with van der Waals surface area (Å²) in [5.41, 5.74) is 3.76.